The molecule has 1 rings (SSSR count). The van der Waals surface area contributed by atoms with Crippen molar-refractivity contribution >= 4 is 17.0 Å². The van der Waals surface area contributed by atoms with Crippen LogP contribution in [0, 0.1) is 0 Å². The molecule has 0 unspecified atom stereocenters. The highest BCUT2D eigenvalue weighted by atomic mass is 32.1. The molecule has 4 heteroatoms. The fourth-order valence-corrected chi connectivity index (χ4v) is 2.17. The first-order valence-electron chi connectivity index (χ1n) is 5.36. The normalized spacial score (nSPS) is 11.9. The van der Waals surface area contributed by atoms with Gasteiger partial charge < -0.3 is 16.2 Å². The second-order valence-corrected chi connectivity index (χ2v) is 4.83. The summed E-state index contributed by atoms with van der Waals surface area (Å²) < 4.78 is 0. The minimum atomic E-state index is -0.577. The molecule has 0 spiro atoms. The number of nitrogen functional groups attached to an aromatic ring is 1. The standard InChI is InChI=1S/C11H20N2OS/c1-3-11(14,4-2)8-13-7-10-9(12)5-6-15-10/h5-6,13-14H,3-4,7-8,12H2,1-2H3. The van der Waals surface area contributed by atoms with Gasteiger partial charge in [-0.1, -0.05) is 13.8 Å². The maximum atomic E-state index is 10.0. The molecular formula is C11H20N2OS. The number of thiophene rings is 1. The molecule has 86 valence electrons. The first kappa shape index (κ1) is 12.5. The summed E-state index contributed by atoms with van der Waals surface area (Å²) in [7, 11) is 0. The summed E-state index contributed by atoms with van der Waals surface area (Å²) in [5.74, 6) is 0. The molecule has 1 aromatic heterocycles. The van der Waals surface area contributed by atoms with Crippen molar-refractivity contribution in [3.05, 3.63) is 16.3 Å². The monoisotopic (exact) mass is 228 g/mol. The van der Waals surface area contributed by atoms with Gasteiger partial charge in [-0.15, -0.1) is 11.3 Å². The van der Waals surface area contributed by atoms with Crippen molar-refractivity contribution in [1.82, 2.24) is 5.32 Å². The minimum absolute atomic E-state index is 0.577. The second kappa shape index (κ2) is 5.49. The molecular weight excluding hydrogens is 208 g/mol. The van der Waals surface area contributed by atoms with Gasteiger partial charge in [0.2, 0.25) is 0 Å². The first-order chi connectivity index (χ1) is 7.11. The number of hydrogen-bond acceptors (Lipinski definition) is 4. The van der Waals surface area contributed by atoms with Crippen molar-refractivity contribution in [2.45, 2.75) is 38.8 Å². The molecule has 0 aliphatic carbocycles. The van der Waals surface area contributed by atoms with Crippen LogP contribution in [0.25, 0.3) is 0 Å². The second-order valence-electron chi connectivity index (χ2n) is 3.83. The van der Waals surface area contributed by atoms with Crippen LogP contribution in [0.4, 0.5) is 5.69 Å². The zero-order valence-corrected chi connectivity index (χ0v) is 10.2. The molecule has 1 aromatic rings. The van der Waals surface area contributed by atoms with Crippen LogP contribution in [-0.4, -0.2) is 17.3 Å². The van der Waals surface area contributed by atoms with Gasteiger partial charge >= 0.3 is 0 Å². The summed E-state index contributed by atoms with van der Waals surface area (Å²) in [6.07, 6.45) is 1.55. The molecule has 4 N–H and O–H groups in total. The summed E-state index contributed by atoms with van der Waals surface area (Å²) in [5.41, 5.74) is 6.02. The zero-order chi connectivity index (χ0) is 11.3. The predicted molar refractivity (Wildman–Crippen MR) is 66.0 cm³/mol. The molecule has 0 amide bonds. The Morgan fingerprint density at radius 2 is 2.13 bits per heavy atom. The van der Waals surface area contributed by atoms with Gasteiger partial charge in [0.1, 0.15) is 0 Å². The number of aliphatic hydroxyl groups is 1. The molecule has 15 heavy (non-hydrogen) atoms. The minimum Gasteiger partial charge on any atom is -0.398 e. The Hall–Kier alpha value is -0.580. The summed E-state index contributed by atoms with van der Waals surface area (Å²) in [5, 5.41) is 15.3. The van der Waals surface area contributed by atoms with E-state index in [0.29, 0.717) is 6.54 Å². The average molecular weight is 228 g/mol. The summed E-state index contributed by atoms with van der Waals surface area (Å²) in [4.78, 5) is 1.14. The summed E-state index contributed by atoms with van der Waals surface area (Å²) >= 11 is 1.65. The molecule has 0 saturated carbocycles. The number of hydrogen-bond donors (Lipinski definition) is 3. The number of rotatable bonds is 6. The van der Waals surface area contributed by atoms with Gasteiger partial charge in [0, 0.05) is 23.7 Å². The van der Waals surface area contributed by atoms with Crippen molar-refractivity contribution in [2.24, 2.45) is 0 Å². The van der Waals surface area contributed by atoms with E-state index in [9.17, 15) is 5.11 Å². The summed E-state index contributed by atoms with van der Waals surface area (Å²) in [6.45, 7) is 5.37. The Morgan fingerprint density at radius 3 is 2.60 bits per heavy atom. The van der Waals surface area contributed by atoms with E-state index in [1.165, 1.54) is 0 Å². The molecule has 0 aliphatic heterocycles. The van der Waals surface area contributed by atoms with Gasteiger partial charge in [-0.3, -0.25) is 0 Å². The van der Waals surface area contributed by atoms with Crippen LogP contribution in [0.1, 0.15) is 31.6 Å². The first-order valence-corrected chi connectivity index (χ1v) is 6.24. The molecule has 0 aromatic carbocycles. The van der Waals surface area contributed by atoms with Crippen LogP contribution in [0.5, 0.6) is 0 Å². The third kappa shape index (κ3) is 3.48. The van der Waals surface area contributed by atoms with Crippen LogP contribution in [0.2, 0.25) is 0 Å². The lowest BCUT2D eigenvalue weighted by molar-refractivity contribution is 0.0323. The topological polar surface area (TPSA) is 58.3 Å². The van der Waals surface area contributed by atoms with Crippen LogP contribution in [0.3, 0.4) is 0 Å². The SMILES string of the molecule is CCC(O)(CC)CNCc1sccc1N. The zero-order valence-electron chi connectivity index (χ0n) is 9.42. The van der Waals surface area contributed by atoms with E-state index < -0.39 is 5.60 Å². The van der Waals surface area contributed by atoms with Crippen molar-refractivity contribution in [3.8, 4) is 0 Å². The van der Waals surface area contributed by atoms with Crippen LogP contribution >= 0.6 is 11.3 Å². The van der Waals surface area contributed by atoms with Gasteiger partial charge in [0.15, 0.2) is 0 Å². The van der Waals surface area contributed by atoms with E-state index in [1.807, 2.05) is 25.3 Å². The maximum Gasteiger partial charge on any atom is 0.0766 e. The maximum absolute atomic E-state index is 10.0. The van der Waals surface area contributed by atoms with Crippen molar-refractivity contribution in [2.75, 3.05) is 12.3 Å². The van der Waals surface area contributed by atoms with Gasteiger partial charge in [-0.25, -0.2) is 0 Å². The van der Waals surface area contributed by atoms with E-state index in [0.717, 1.165) is 30.0 Å². The van der Waals surface area contributed by atoms with Gasteiger partial charge in [-0.2, -0.15) is 0 Å². The average Bonchev–Trinajstić information content (AvgIpc) is 2.64. The van der Waals surface area contributed by atoms with Crippen molar-refractivity contribution in [1.29, 1.82) is 0 Å². The Labute approximate surface area is 95.3 Å². The van der Waals surface area contributed by atoms with Gasteiger partial charge in [0.25, 0.3) is 0 Å². The Balaban J connectivity index is 2.36. The smallest absolute Gasteiger partial charge is 0.0766 e. The van der Waals surface area contributed by atoms with E-state index >= 15 is 0 Å². The predicted octanol–water partition coefficient (Wildman–Crippen LogP) is 1.97. The number of nitrogens with two attached hydrogens (primary N) is 1. The quantitative estimate of drug-likeness (QED) is 0.697. The molecule has 0 bridgehead atoms. The highest BCUT2D eigenvalue weighted by Gasteiger charge is 2.21. The lowest BCUT2D eigenvalue weighted by Gasteiger charge is -2.25. The molecule has 0 radical (unpaired) electrons. The van der Waals surface area contributed by atoms with E-state index in [4.69, 9.17) is 5.73 Å². The van der Waals surface area contributed by atoms with Crippen LogP contribution in [0.15, 0.2) is 11.4 Å². The van der Waals surface area contributed by atoms with E-state index in [-0.39, 0.29) is 0 Å². The molecule has 0 atom stereocenters. The summed E-state index contributed by atoms with van der Waals surface area (Å²) in [6, 6.07) is 1.91. The largest absolute Gasteiger partial charge is 0.398 e. The highest BCUT2D eigenvalue weighted by Crippen LogP contribution is 2.19. The number of nitrogens with one attached hydrogen (secondary N) is 1. The third-order valence-electron chi connectivity index (χ3n) is 2.84. The van der Waals surface area contributed by atoms with Crippen LogP contribution < -0.4 is 11.1 Å². The van der Waals surface area contributed by atoms with Crippen LogP contribution in [-0.2, 0) is 6.54 Å². The van der Waals surface area contributed by atoms with Crippen molar-refractivity contribution < 1.29 is 5.11 Å². The van der Waals surface area contributed by atoms with E-state index in [2.05, 4.69) is 5.32 Å². The molecule has 0 saturated heterocycles. The van der Waals surface area contributed by atoms with E-state index in [1.54, 1.807) is 11.3 Å². The lowest BCUT2D eigenvalue weighted by Crippen LogP contribution is -2.39. The lowest BCUT2D eigenvalue weighted by atomic mass is 9.98. The van der Waals surface area contributed by atoms with Gasteiger partial charge in [0.05, 0.1) is 5.60 Å². The highest BCUT2D eigenvalue weighted by molar-refractivity contribution is 7.10. The number of anilines is 1. The molecule has 0 fully saturated rings. The van der Waals surface area contributed by atoms with Crippen molar-refractivity contribution in [3.63, 3.8) is 0 Å². The fraction of sp³-hybridized carbons (Fsp3) is 0.636. The molecule has 0 aliphatic rings. The Kier molecular flexibility index (Phi) is 4.57. The molecule has 1 heterocycles. The fourth-order valence-electron chi connectivity index (χ4n) is 1.40. The third-order valence-corrected chi connectivity index (χ3v) is 3.77. The molecule has 3 nitrogen and oxygen atoms in total. The van der Waals surface area contributed by atoms with Gasteiger partial charge in [-0.05, 0) is 24.3 Å². The Morgan fingerprint density at radius 1 is 1.47 bits per heavy atom. The Bertz CT molecular complexity index is 295.